The summed E-state index contributed by atoms with van der Waals surface area (Å²) < 4.78 is 17.2. The normalized spacial score (nSPS) is 13.0. The van der Waals surface area contributed by atoms with Crippen LogP contribution in [0.2, 0.25) is 0 Å². The van der Waals surface area contributed by atoms with Gasteiger partial charge in [0.2, 0.25) is 0 Å². The van der Waals surface area contributed by atoms with Gasteiger partial charge in [-0.05, 0) is 77.0 Å². The van der Waals surface area contributed by atoms with Crippen molar-refractivity contribution in [3.63, 3.8) is 0 Å². The Bertz CT molecular complexity index is 1060. The van der Waals surface area contributed by atoms with Crippen molar-refractivity contribution in [3.8, 4) is 0 Å². The first-order valence-electron chi connectivity index (χ1n) is 23.1. The monoisotopic (exact) mass is 779 g/mol. The Morgan fingerprint density at radius 3 is 1.34 bits per heavy atom. The third-order valence-electron chi connectivity index (χ3n) is 9.44. The standard InChI is InChI=1S/C51H86O5/c1-4-7-10-13-16-19-22-25-28-31-34-37-40-43-46-54-47-49(56-51(53)45-42-39-36-33-30-27-24-21-18-15-12-9-6-3)48-55-50(52)44-41-38-35-32-29-26-23-20-17-14-11-8-5-2/h8-9,11-12,17-18,20-21,26-27,29-30,35,38,49H,4-7,10,13-16,19,22-25,28,31-34,36-37,39-48H2,1-3H3/b11-8-,12-9-,20-17-,21-18-,29-26-,30-27-,38-35-. The molecule has 0 aromatic carbocycles. The minimum absolute atomic E-state index is 0.0334. The number of esters is 2. The maximum Gasteiger partial charge on any atom is 0.306 e. The van der Waals surface area contributed by atoms with Crippen molar-refractivity contribution in [1.29, 1.82) is 0 Å². The molecule has 56 heavy (non-hydrogen) atoms. The minimum atomic E-state index is -0.580. The van der Waals surface area contributed by atoms with Crippen LogP contribution in [0.25, 0.3) is 0 Å². The molecular formula is C51H86O5. The summed E-state index contributed by atoms with van der Waals surface area (Å²) in [7, 11) is 0. The lowest BCUT2D eigenvalue weighted by molar-refractivity contribution is -0.162. The van der Waals surface area contributed by atoms with E-state index in [1.165, 1.54) is 77.0 Å². The van der Waals surface area contributed by atoms with E-state index >= 15 is 0 Å². The predicted octanol–water partition coefficient (Wildman–Crippen LogP) is 15.3. The van der Waals surface area contributed by atoms with Crippen LogP contribution in [0, 0.1) is 0 Å². The van der Waals surface area contributed by atoms with Crippen LogP contribution in [-0.4, -0.2) is 37.9 Å². The van der Waals surface area contributed by atoms with Gasteiger partial charge in [0.25, 0.3) is 0 Å². The van der Waals surface area contributed by atoms with Gasteiger partial charge >= 0.3 is 11.9 Å². The summed E-state index contributed by atoms with van der Waals surface area (Å²) in [6, 6.07) is 0. The van der Waals surface area contributed by atoms with E-state index in [1.807, 2.05) is 6.08 Å². The Labute approximate surface area is 346 Å². The third-order valence-corrected chi connectivity index (χ3v) is 9.44. The number of hydrogen-bond acceptors (Lipinski definition) is 5. The van der Waals surface area contributed by atoms with Crippen LogP contribution in [0.3, 0.4) is 0 Å². The van der Waals surface area contributed by atoms with Crippen LogP contribution in [0.15, 0.2) is 85.1 Å². The first kappa shape index (κ1) is 53.1. The summed E-state index contributed by atoms with van der Waals surface area (Å²) in [5.74, 6) is -0.527. The average molecular weight is 779 g/mol. The molecule has 0 aliphatic heterocycles. The molecule has 0 saturated heterocycles. The molecule has 0 N–H and O–H groups in total. The number of hydrogen-bond donors (Lipinski definition) is 0. The van der Waals surface area contributed by atoms with Gasteiger partial charge < -0.3 is 14.2 Å². The fourth-order valence-electron chi connectivity index (χ4n) is 6.07. The lowest BCUT2D eigenvalue weighted by atomic mass is 10.0. The van der Waals surface area contributed by atoms with Crippen molar-refractivity contribution >= 4 is 11.9 Å². The van der Waals surface area contributed by atoms with E-state index in [0.717, 1.165) is 83.5 Å². The average Bonchev–Trinajstić information content (AvgIpc) is 3.20. The topological polar surface area (TPSA) is 61.8 Å². The van der Waals surface area contributed by atoms with E-state index in [2.05, 4.69) is 99.8 Å². The van der Waals surface area contributed by atoms with Crippen LogP contribution >= 0.6 is 0 Å². The molecule has 0 bridgehead atoms. The van der Waals surface area contributed by atoms with E-state index < -0.39 is 6.10 Å². The minimum Gasteiger partial charge on any atom is -0.462 e. The molecule has 1 atom stereocenters. The van der Waals surface area contributed by atoms with Gasteiger partial charge in [0, 0.05) is 19.4 Å². The number of allylic oxidation sites excluding steroid dienone is 14. The van der Waals surface area contributed by atoms with Crippen molar-refractivity contribution in [2.24, 2.45) is 0 Å². The zero-order valence-electron chi connectivity index (χ0n) is 36.6. The second-order valence-corrected chi connectivity index (χ2v) is 14.9. The van der Waals surface area contributed by atoms with E-state index in [4.69, 9.17) is 14.2 Å². The Kier molecular flexibility index (Phi) is 44.0. The fourth-order valence-corrected chi connectivity index (χ4v) is 6.07. The van der Waals surface area contributed by atoms with Gasteiger partial charge in [0.05, 0.1) is 6.61 Å². The molecule has 0 rings (SSSR count). The maximum atomic E-state index is 12.7. The number of ether oxygens (including phenoxy) is 3. The van der Waals surface area contributed by atoms with Crippen LogP contribution in [0.5, 0.6) is 0 Å². The number of unbranched alkanes of at least 4 members (excludes halogenated alkanes) is 16. The van der Waals surface area contributed by atoms with Gasteiger partial charge in [-0.2, -0.15) is 0 Å². The molecule has 5 nitrogen and oxygen atoms in total. The summed E-state index contributed by atoms with van der Waals surface area (Å²) in [5.41, 5.74) is 0. The van der Waals surface area contributed by atoms with E-state index in [9.17, 15) is 9.59 Å². The van der Waals surface area contributed by atoms with Crippen molar-refractivity contribution in [2.75, 3.05) is 19.8 Å². The largest absolute Gasteiger partial charge is 0.462 e. The van der Waals surface area contributed by atoms with E-state index in [-0.39, 0.29) is 25.2 Å². The molecule has 320 valence electrons. The number of carbonyl (C=O) groups excluding carboxylic acids is 2. The molecule has 0 aromatic rings. The quantitative estimate of drug-likeness (QED) is 0.0351. The molecule has 0 fully saturated rings. The van der Waals surface area contributed by atoms with Gasteiger partial charge in [0.15, 0.2) is 6.10 Å². The van der Waals surface area contributed by atoms with Crippen LogP contribution < -0.4 is 0 Å². The van der Waals surface area contributed by atoms with Crippen molar-refractivity contribution in [1.82, 2.24) is 0 Å². The van der Waals surface area contributed by atoms with Crippen LogP contribution in [-0.2, 0) is 23.8 Å². The molecule has 1 unspecified atom stereocenters. The lowest BCUT2D eigenvalue weighted by Gasteiger charge is -2.18. The zero-order valence-corrected chi connectivity index (χ0v) is 36.6. The van der Waals surface area contributed by atoms with Gasteiger partial charge in [-0.1, -0.05) is 196 Å². The molecule has 0 heterocycles. The first-order valence-corrected chi connectivity index (χ1v) is 23.1. The number of carbonyl (C=O) groups is 2. The Morgan fingerprint density at radius 1 is 0.411 bits per heavy atom. The predicted molar refractivity (Wildman–Crippen MR) is 242 cm³/mol. The maximum absolute atomic E-state index is 12.7. The molecule has 0 saturated carbocycles. The summed E-state index contributed by atoms with van der Waals surface area (Å²) in [5, 5.41) is 0. The molecule has 0 aromatic heterocycles. The van der Waals surface area contributed by atoms with Gasteiger partial charge in [0.1, 0.15) is 6.61 Å². The molecular weight excluding hydrogens is 693 g/mol. The highest BCUT2D eigenvalue weighted by molar-refractivity contribution is 5.70. The van der Waals surface area contributed by atoms with Crippen molar-refractivity contribution in [3.05, 3.63) is 85.1 Å². The molecule has 0 amide bonds. The fraction of sp³-hybridized carbons (Fsp3) is 0.686. The second kappa shape index (κ2) is 46.5. The highest BCUT2D eigenvalue weighted by Gasteiger charge is 2.17. The zero-order chi connectivity index (χ0) is 40.7. The van der Waals surface area contributed by atoms with Crippen LogP contribution in [0.1, 0.15) is 201 Å². The Hall–Kier alpha value is -2.92. The molecule has 0 radical (unpaired) electrons. The summed E-state index contributed by atoms with van der Waals surface area (Å²) in [6.45, 7) is 7.48. The number of rotatable bonds is 41. The van der Waals surface area contributed by atoms with Crippen molar-refractivity contribution in [2.45, 2.75) is 207 Å². The third kappa shape index (κ3) is 43.8. The summed E-state index contributed by atoms with van der Waals surface area (Å²) in [6.07, 6.45) is 60.3. The molecule has 0 aliphatic rings. The second-order valence-electron chi connectivity index (χ2n) is 14.9. The highest BCUT2D eigenvalue weighted by Crippen LogP contribution is 2.13. The van der Waals surface area contributed by atoms with Crippen LogP contribution in [0.4, 0.5) is 0 Å². The lowest BCUT2D eigenvalue weighted by Crippen LogP contribution is -2.30. The van der Waals surface area contributed by atoms with E-state index in [1.54, 1.807) is 0 Å². The Morgan fingerprint density at radius 2 is 0.839 bits per heavy atom. The first-order chi connectivity index (χ1) is 27.6. The Balaban J connectivity index is 4.40. The van der Waals surface area contributed by atoms with Gasteiger partial charge in [-0.3, -0.25) is 9.59 Å². The molecule has 0 aliphatic carbocycles. The summed E-state index contributed by atoms with van der Waals surface area (Å²) in [4.78, 5) is 25.2. The highest BCUT2D eigenvalue weighted by atomic mass is 16.6. The molecule has 5 heteroatoms. The van der Waals surface area contributed by atoms with E-state index in [0.29, 0.717) is 25.9 Å². The van der Waals surface area contributed by atoms with Crippen molar-refractivity contribution < 1.29 is 23.8 Å². The smallest absolute Gasteiger partial charge is 0.306 e. The molecule has 0 spiro atoms. The SMILES string of the molecule is CC/C=C\C/C=C\C/C=C\C/C=C\CCC(=O)OCC(COCCCCCCCCCCCCCCCC)OC(=O)CCCCC/C=C\C/C=C\C/C=C\CC. The van der Waals surface area contributed by atoms with Gasteiger partial charge in [-0.15, -0.1) is 0 Å². The van der Waals surface area contributed by atoms with Gasteiger partial charge in [-0.25, -0.2) is 0 Å². The summed E-state index contributed by atoms with van der Waals surface area (Å²) >= 11 is 0.